The van der Waals surface area contributed by atoms with Crippen molar-refractivity contribution in [2.24, 2.45) is 0 Å². The number of aromatic nitrogens is 2. The van der Waals surface area contributed by atoms with Crippen molar-refractivity contribution in [1.82, 2.24) is 9.78 Å². The van der Waals surface area contributed by atoms with Crippen LogP contribution >= 0.6 is 11.6 Å². The number of ether oxygens (including phenoxy) is 1. The highest BCUT2D eigenvalue weighted by Gasteiger charge is 2.16. The van der Waals surface area contributed by atoms with Crippen molar-refractivity contribution in [1.29, 1.82) is 5.26 Å². The van der Waals surface area contributed by atoms with E-state index < -0.39 is 0 Å². The Morgan fingerprint density at radius 3 is 2.36 bits per heavy atom. The summed E-state index contributed by atoms with van der Waals surface area (Å²) in [6.07, 6.45) is 0.528. The number of anilines is 1. The number of nitrogens with zero attached hydrogens (tertiary/aromatic N) is 3. The summed E-state index contributed by atoms with van der Waals surface area (Å²) < 4.78 is 6.82. The number of methoxy groups -OCH3 is 1. The van der Waals surface area contributed by atoms with Gasteiger partial charge in [0.1, 0.15) is 23.2 Å². The summed E-state index contributed by atoms with van der Waals surface area (Å²) in [6.45, 7) is 0.491. The molecular formula is C19H17ClN4O. The Balaban J connectivity index is 1.86. The maximum absolute atomic E-state index is 9.45. The molecule has 1 heterocycles. The molecule has 5 nitrogen and oxygen atoms in total. The summed E-state index contributed by atoms with van der Waals surface area (Å²) in [5.41, 5.74) is 9.26. The van der Waals surface area contributed by atoms with Gasteiger partial charge in [0.25, 0.3) is 0 Å². The second-order valence-electron chi connectivity index (χ2n) is 5.63. The molecule has 0 fully saturated rings. The first-order valence-corrected chi connectivity index (χ1v) is 8.11. The molecular weight excluding hydrogens is 336 g/mol. The van der Waals surface area contributed by atoms with Gasteiger partial charge in [-0.2, -0.15) is 10.4 Å². The van der Waals surface area contributed by atoms with Gasteiger partial charge >= 0.3 is 0 Å². The highest BCUT2D eigenvalue weighted by atomic mass is 35.5. The van der Waals surface area contributed by atoms with Gasteiger partial charge in [0.15, 0.2) is 0 Å². The molecule has 0 radical (unpaired) electrons. The fourth-order valence-electron chi connectivity index (χ4n) is 2.59. The van der Waals surface area contributed by atoms with Gasteiger partial charge in [-0.1, -0.05) is 35.9 Å². The molecule has 0 aliphatic heterocycles. The zero-order valence-electron chi connectivity index (χ0n) is 13.7. The van der Waals surface area contributed by atoms with Crippen LogP contribution < -0.4 is 10.5 Å². The third-order valence-electron chi connectivity index (χ3n) is 3.95. The van der Waals surface area contributed by atoms with Crippen LogP contribution in [0, 0.1) is 11.3 Å². The summed E-state index contributed by atoms with van der Waals surface area (Å²) in [6, 6.07) is 17.3. The van der Waals surface area contributed by atoms with Gasteiger partial charge in [-0.3, -0.25) is 0 Å². The van der Waals surface area contributed by atoms with Crippen molar-refractivity contribution in [3.05, 3.63) is 75.9 Å². The Morgan fingerprint density at radius 2 is 1.76 bits per heavy atom. The number of nitriles is 1. The lowest BCUT2D eigenvalue weighted by atomic mass is 10.1. The topological polar surface area (TPSA) is 76.9 Å². The molecule has 0 unspecified atom stereocenters. The summed E-state index contributed by atoms with van der Waals surface area (Å²) in [5.74, 6) is 1.17. The third kappa shape index (κ3) is 3.76. The van der Waals surface area contributed by atoms with Crippen molar-refractivity contribution >= 4 is 17.4 Å². The average Bonchev–Trinajstić information content (AvgIpc) is 2.92. The maximum Gasteiger partial charge on any atom is 0.140 e. The van der Waals surface area contributed by atoms with E-state index in [9.17, 15) is 5.26 Å². The van der Waals surface area contributed by atoms with E-state index in [1.807, 2.05) is 48.5 Å². The van der Waals surface area contributed by atoms with Gasteiger partial charge in [-0.15, -0.1) is 0 Å². The van der Waals surface area contributed by atoms with Crippen LogP contribution in [0.2, 0.25) is 5.02 Å². The second kappa shape index (κ2) is 7.29. The van der Waals surface area contributed by atoms with E-state index in [0.717, 1.165) is 16.9 Å². The molecule has 0 bridgehead atoms. The van der Waals surface area contributed by atoms with Crippen LogP contribution in [0.3, 0.4) is 0 Å². The molecule has 126 valence electrons. The van der Waals surface area contributed by atoms with Crippen LogP contribution in [0.15, 0.2) is 48.5 Å². The summed E-state index contributed by atoms with van der Waals surface area (Å²) in [4.78, 5) is 0. The Bertz CT molecular complexity index is 908. The van der Waals surface area contributed by atoms with Gasteiger partial charge in [0.2, 0.25) is 0 Å². The summed E-state index contributed by atoms with van der Waals surface area (Å²) in [7, 11) is 1.63. The van der Waals surface area contributed by atoms with E-state index in [0.29, 0.717) is 35.1 Å². The van der Waals surface area contributed by atoms with E-state index in [4.69, 9.17) is 22.1 Å². The molecule has 0 spiro atoms. The van der Waals surface area contributed by atoms with Crippen LogP contribution in [0.25, 0.3) is 0 Å². The number of halogens is 1. The molecule has 0 atom stereocenters. The van der Waals surface area contributed by atoms with Crippen LogP contribution in [0.5, 0.6) is 5.75 Å². The summed E-state index contributed by atoms with van der Waals surface area (Å²) in [5, 5.41) is 14.7. The number of benzene rings is 2. The first-order valence-electron chi connectivity index (χ1n) is 7.73. The number of nitrogens with two attached hydrogens (primary N) is 1. The minimum Gasteiger partial charge on any atom is -0.497 e. The zero-order chi connectivity index (χ0) is 17.8. The zero-order valence-corrected chi connectivity index (χ0v) is 14.5. The monoisotopic (exact) mass is 352 g/mol. The van der Waals surface area contributed by atoms with E-state index in [-0.39, 0.29) is 0 Å². The lowest BCUT2D eigenvalue weighted by molar-refractivity contribution is 0.414. The van der Waals surface area contributed by atoms with Crippen molar-refractivity contribution in [3.63, 3.8) is 0 Å². The van der Waals surface area contributed by atoms with Gasteiger partial charge in [-0.25, -0.2) is 4.68 Å². The molecule has 6 heteroatoms. The van der Waals surface area contributed by atoms with E-state index >= 15 is 0 Å². The number of hydrogen-bond acceptors (Lipinski definition) is 4. The largest absolute Gasteiger partial charge is 0.497 e. The lowest BCUT2D eigenvalue weighted by Gasteiger charge is -2.05. The van der Waals surface area contributed by atoms with Gasteiger partial charge in [-0.05, 0) is 35.4 Å². The first-order chi connectivity index (χ1) is 12.1. The number of rotatable bonds is 5. The second-order valence-corrected chi connectivity index (χ2v) is 6.06. The van der Waals surface area contributed by atoms with Crippen molar-refractivity contribution in [2.45, 2.75) is 13.0 Å². The Hall–Kier alpha value is -2.97. The number of nitrogen functional groups attached to an aromatic ring is 1. The SMILES string of the molecule is COc1ccc(Cn2nc(Cc3ccc(Cl)cc3)c(C#N)c2N)cc1. The fourth-order valence-corrected chi connectivity index (χ4v) is 2.72. The predicted octanol–water partition coefficient (Wildman–Crippen LogP) is 3.64. The lowest BCUT2D eigenvalue weighted by Crippen LogP contribution is -2.06. The Kier molecular flexibility index (Phi) is 4.92. The molecule has 3 aromatic rings. The van der Waals surface area contributed by atoms with Crippen LogP contribution in [-0.2, 0) is 13.0 Å². The molecule has 25 heavy (non-hydrogen) atoms. The highest BCUT2D eigenvalue weighted by molar-refractivity contribution is 6.30. The molecule has 0 saturated heterocycles. The van der Waals surface area contributed by atoms with Crippen LogP contribution in [0.1, 0.15) is 22.4 Å². The normalized spacial score (nSPS) is 10.4. The third-order valence-corrected chi connectivity index (χ3v) is 4.20. The smallest absolute Gasteiger partial charge is 0.140 e. The van der Waals surface area contributed by atoms with Gasteiger partial charge in [0, 0.05) is 11.4 Å². The average molecular weight is 353 g/mol. The predicted molar refractivity (Wildman–Crippen MR) is 97.7 cm³/mol. The van der Waals surface area contributed by atoms with E-state index in [1.165, 1.54) is 0 Å². The van der Waals surface area contributed by atoms with Crippen LogP contribution in [-0.4, -0.2) is 16.9 Å². The minimum atomic E-state index is 0.377. The molecule has 0 aliphatic rings. The highest BCUT2D eigenvalue weighted by Crippen LogP contribution is 2.21. The fraction of sp³-hybridized carbons (Fsp3) is 0.158. The molecule has 2 aromatic carbocycles. The Labute approximate surface area is 151 Å². The minimum absolute atomic E-state index is 0.377. The van der Waals surface area contributed by atoms with Crippen molar-refractivity contribution in [2.75, 3.05) is 12.8 Å². The molecule has 0 saturated carbocycles. The van der Waals surface area contributed by atoms with Gasteiger partial charge < -0.3 is 10.5 Å². The molecule has 0 aliphatic carbocycles. The van der Waals surface area contributed by atoms with E-state index in [2.05, 4.69) is 11.2 Å². The molecule has 1 aromatic heterocycles. The molecule has 3 rings (SSSR count). The molecule has 0 amide bonds. The summed E-state index contributed by atoms with van der Waals surface area (Å²) >= 11 is 5.91. The van der Waals surface area contributed by atoms with E-state index in [1.54, 1.807) is 11.8 Å². The van der Waals surface area contributed by atoms with Crippen molar-refractivity contribution < 1.29 is 4.74 Å². The van der Waals surface area contributed by atoms with Gasteiger partial charge in [0.05, 0.1) is 19.3 Å². The molecule has 2 N–H and O–H groups in total. The quantitative estimate of drug-likeness (QED) is 0.760. The standard InChI is InChI=1S/C19H17ClN4O/c1-25-16-8-4-14(5-9-16)12-24-19(22)17(11-21)18(23-24)10-13-2-6-15(20)7-3-13/h2-9H,10,12,22H2,1H3. The van der Waals surface area contributed by atoms with Crippen molar-refractivity contribution in [3.8, 4) is 11.8 Å². The Morgan fingerprint density at radius 1 is 1.12 bits per heavy atom. The van der Waals surface area contributed by atoms with Crippen LogP contribution in [0.4, 0.5) is 5.82 Å². The maximum atomic E-state index is 9.45. The number of hydrogen-bond donors (Lipinski definition) is 1. The first kappa shape index (κ1) is 16.9.